The average molecular weight is 213 g/mol. The van der Waals surface area contributed by atoms with Crippen LogP contribution in [0.15, 0.2) is 0 Å². The first-order valence-electron chi connectivity index (χ1n) is 4.86. The minimum absolute atomic E-state index is 0.196. The van der Waals surface area contributed by atoms with E-state index in [4.69, 9.17) is 5.73 Å². The van der Waals surface area contributed by atoms with Crippen LogP contribution in [0.25, 0.3) is 0 Å². The maximum atomic E-state index is 11.5. The van der Waals surface area contributed by atoms with Crippen LogP contribution < -0.4 is 11.1 Å². The highest BCUT2D eigenvalue weighted by atomic mass is 16.2. The Labute approximate surface area is 87.8 Å². The number of nitrogens with two attached hydrogens (primary N) is 1. The predicted octanol–water partition coefficient (Wildman–Crippen LogP) is -1.40. The molecule has 6 heteroatoms. The molecule has 0 bridgehead atoms. The van der Waals surface area contributed by atoms with Crippen LogP contribution in [0.1, 0.15) is 19.3 Å². The number of carbonyl (C=O) groups is 3. The summed E-state index contributed by atoms with van der Waals surface area (Å²) >= 11 is 0. The SMILES string of the molecule is CN1C(=O)CCC(NC(=O)CCN)C1=O. The average Bonchev–Trinajstić information content (AvgIpc) is 2.20. The molecule has 0 aliphatic carbocycles. The minimum Gasteiger partial charge on any atom is -0.344 e. The standard InChI is InChI=1S/C9H15N3O3/c1-12-8(14)3-2-6(9(12)15)11-7(13)4-5-10/h6H,2-5,10H2,1H3,(H,11,13). The van der Waals surface area contributed by atoms with Gasteiger partial charge in [0.15, 0.2) is 0 Å². The smallest absolute Gasteiger partial charge is 0.251 e. The van der Waals surface area contributed by atoms with E-state index in [2.05, 4.69) is 5.32 Å². The van der Waals surface area contributed by atoms with E-state index in [0.29, 0.717) is 6.42 Å². The summed E-state index contributed by atoms with van der Waals surface area (Å²) in [6, 6.07) is -0.577. The van der Waals surface area contributed by atoms with E-state index >= 15 is 0 Å². The Kier molecular flexibility index (Phi) is 3.79. The number of nitrogens with one attached hydrogen (secondary N) is 1. The number of piperidine rings is 1. The second-order valence-corrected chi connectivity index (χ2v) is 3.49. The number of hydrogen-bond acceptors (Lipinski definition) is 4. The predicted molar refractivity (Wildman–Crippen MR) is 52.6 cm³/mol. The number of rotatable bonds is 3. The third kappa shape index (κ3) is 2.76. The molecule has 6 nitrogen and oxygen atoms in total. The number of carbonyl (C=O) groups excluding carboxylic acids is 3. The van der Waals surface area contributed by atoms with Crippen LogP contribution >= 0.6 is 0 Å². The Morgan fingerprint density at radius 1 is 1.60 bits per heavy atom. The molecule has 1 aliphatic heterocycles. The van der Waals surface area contributed by atoms with Gasteiger partial charge in [-0.2, -0.15) is 0 Å². The minimum atomic E-state index is -0.577. The van der Waals surface area contributed by atoms with Crippen molar-refractivity contribution in [3.05, 3.63) is 0 Å². The molecule has 3 N–H and O–H groups in total. The van der Waals surface area contributed by atoms with Gasteiger partial charge in [-0.05, 0) is 6.42 Å². The highest BCUT2D eigenvalue weighted by Crippen LogP contribution is 2.11. The maximum Gasteiger partial charge on any atom is 0.251 e. The molecule has 1 fully saturated rings. The van der Waals surface area contributed by atoms with E-state index < -0.39 is 6.04 Å². The highest BCUT2D eigenvalue weighted by molar-refractivity contribution is 6.01. The van der Waals surface area contributed by atoms with E-state index in [0.717, 1.165) is 4.90 Å². The van der Waals surface area contributed by atoms with E-state index in [9.17, 15) is 14.4 Å². The second-order valence-electron chi connectivity index (χ2n) is 3.49. The first kappa shape index (κ1) is 11.6. The normalized spacial score (nSPS) is 21.7. The molecule has 0 aromatic heterocycles. The van der Waals surface area contributed by atoms with Crippen LogP contribution in [-0.4, -0.2) is 42.3 Å². The molecule has 0 aromatic rings. The van der Waals surface area contributed by atoms with Crippen molar-refractivity contribution in [3.8, 4) is 0 Å². The lowest BCUT2D eigenvalue weighted by Crippen LogP contribution is -2.53. The molecule has 1 atom stereocenters. The number of nitrogens with zero attached hydrogens (tertiary/aromatic N) is 1. The molecule has 1 aliphatic rings. The van der Waals surface area contributed by atoms with Gasteiger partial charge in [-0.25, -0.2) is 0 Å². The maximum absolute atomic E-state index is 11.5. The zero-order valence-corrected chi connectivity index (χ0v) is 8.66. The molecular weight excluding hydrogens is 198 g/mol. The Balaban J connectivity index is 2.53. The summed E-state index contributed by atoms with van der Waals surface area (Å²) in [6.45, 7) is 0.252. The number of likely N-dealkylation sites (N-methyl/N-ethyl adjacent to an activating group) is 1. The summed E-state index contributed by atoms with van der Waals surface area (Å²) in [7, 11) is 1.42. The Morgan fingerprint density at radius 2 is 2.27 bits per heavy atom. The van der Waals surface area contributed by atoms with E-state index in [1.54, 1.807) is 0 Å². The van der Waals surface area contributed by atoms with Crippen LogP contribution in [-0.2, 0) is 14.4 Å². The zero-order valence-electron chi connectivity index (χ0n) is 8.66. The van der Waals surface area contributed by atoms with Gasteiger partial charge in [0.2, 0.25) is 11.8 Å². The van der Waals surface area contributed by atoms with E-state index in [1.165, 1.54) is 7.05 Å². The van der Waals surface area contributed by atoms with Gasteiger partial charge < -0.3 is 11.1 Å². The molecular formula is C9H15N3O3. The third-order valence-electron chi connectivity index (χ3n) is 2.36. The summed E-state index contributed by atoms with van der Waals surface area (Å²) < 4.78 is 0. The van der Waals surface area contributed by atoms with E-state index in [-0.39, 0.29) is 37.1 Å². The van der Waals surface area contributed by atoms with Crippen LogP contribution in [0.2, 0.25) is 0 Å². The molecule has 0 saturated carbocycles. The molecule has 0 radical (unpaired) electrons. The lowest BCUT2D eigenvalue weighted by Gasteiger charge is -2.28. The topological polar surface area (TPSA) is 92.5 Å². The summed E-state index contributed by atoms with van der Waals surface area (Å²) in [5.74, 6) is -0.806. The molecule has 1 saturated heterocycles. The lowest BCUT2D eigenvalue weighted by atomic mass is 10.0. The molecule has 84 valence electrons. The molecule has 1 rings (SSSR count). The fraction of sp³-hybridized carbons (Fsp3) is 0.667. The van der Waals surface area contributed by atoms with Crippen molar-refractivity contribution < 1.29 is 14.4 Å². The van der Waals surface area contributed by atoms with Gasteiger partial charge in [0.1, 0.15) is 6.04 Å². The van der Waals surface area contributed by atoms with Crippen LogP contribution in [0, 0.1) is 0 Å². The number of likely N-dealkylation sites (tertiary alicyclic amines) is 1. The van der Waals surface area contributed by atoms with Gasteiger partial charge in [-0.15, -0.1) is 0 Å². The summed E-state index contributed by atoms with van der Waals surface area (Å²) in [6.07, 6.45) is 0.857. The Hall–Kier alpha value is -1.43. The molecule has 0 spiro atoms. The molecule has 1 heterocycles. The molecule has 0 aromatic carbocycles. The fourth-order valence-electron chi connectivity index (χ4n) is 1.45. The highest BCUT2D eigenvalue weighted by Gasteiger charge is 2.32. The lowest BCUT2D eigenvalue weighted by molar-refractivity contribution is -0.149. The van der Waals surface area contributed by atoms with Crippen LogP contribution in [0.5, 0.6) is 0 Å². The van der Waals surface area contributed by atoms with Crippen molar-refractivity contribution in [2.45, 2.75) is 25.3 Å². The monoisotopic (exact) mass is 213 g/mol. The molecule has 15 heavy (non-hydrogen) atoms. The van der Waals surface area contributed by atoms with Crippen molar-refractivity contribution in [2.75, 3.05) is 13.6 Å². The largest absolute Gasteiger partial charge is 0.344 e. The first-order valence-corrected chi connectivity index (χ1v) is 4.86. The fourth-order valence-corrected chi connectivity index (χ4v) is 1.45. The quantitative estimate of drug-likeness (QED) is 0.564. The number of imide groups is 1. The zero-order chi connectivity index (χ0) is 11.4. The van der Waals surface area contributed by atoms with Crippen molar-refractivity contribution in [1.82, 2.24) is 10.2 Å². The van der Waals surface area contributed by atoms with Crippen LogP contribution in [0.4, 0.5) is 0 Å². The van der Waals surface area contributed by atoms with Crippen molar-refractivity contribution >= 4 is 17.7 Å². The number of amides is 3. The summed E-state index contributed by atoms with van der Waals surface area (Å²) in [5.41, 5.74) is 5.21. The third-order valence-corrected chi connectivity index (χ3v) is 2.36. The molecule has 3 amide bonds. The van der Waals surface area contributed by atoms with Crippen LogP contribution in [0.3, 0.4) is 0 Å². The van der Waals surface area contributed by atoms with Gasteiger partial charge in [0.05, 0.1) is 0 Å². The first-order chi connectivity index (χ1) is 7.06. The Bertz CT molecular complexity index is 290. The second kappa shape index (κ2) is 4.88. The Morgan fingerprint density at radius 3 is 2.87 bits per heavy atom. The molecule has 1 unspecified atom stereocenters. The van der Waals surface area contributed by atoms with Crippen molar-refractivity contribution in [3.63, 3.8) is 0 Å². The summed E-state index contributed by atoms with van der Waals surface area (Å²) in [4.78, 5) is 34.9. The number of hydrogen-bond donors (Lipinski definition) is 2. The van der Waals surface area contributed by atoms with Gasteiger partial charge in [0.25, 0.3) is 5.91 Å². The summed E-state index contributed by atoms with van der Waals surface area (Å²) in [5, 5.41) is 2.56. The van der Waals surface area contributed by atoms with Gasteiger partial charge in [-0.3, -0.25) is 19.3 Å². The van der Waals surface area contributed by atoms with Gasteiger partial charge in [-0.1, -0.05) is 0 Å². The van der Waals surface area contributed by atoms with Crippen molar-refractivity contribution in [1.29, 1.82) is 0 Å². The van der Waals surface area contributed by atoms with E-state index in [1.807, 2.05) is 0 Å². The van der Waals surface area contributed by atoms with Crippen molar-refractivity contribution in [2.24, 2.45) is 5.73 Å². The van der Waals surface area contributed by atoms with Gasteiger partial charge in [0, 0.05) is 26.4 Å². The van der Waals surface area contributed by atoms with Gasteiger partial charge >= 0.3 is 0 Å².